The van der Waals surface area contributed by atoms with Crippen LogP contribution < -0.4 is 5.32 Å². The number of nitrogens with zero attached hydrogens (tertiary/aromatic N) is 1. The molecule has 4 aromatic rings. The maximum absolute atomic E-state index is 14.1. The van der Waals surface area contributed by atoms with Crippen molar-refractivity contribution in [3.63, 3.8) is 0 Å². The first kappa shape index (κ1) is 26.4. The van der Waals surface area contributed by atoms with Gasteiger partial charge in [-0.1, -0.05) is 109 Å². The number of aliphatic hydroxyl groups excluding tert-OH is 1. The molecular weight excluding hydrogens is 484 g/mol. The van der Waals surface area contributed by atoms with Gasteiger partial charge in [-0.15, -0.1) is 0 Å². The smallest absolute Gasteiger partial charge is 0.255 e. The molecule has 1 aliphatic rings. The number of aryl methyl sites for hydroxylation is 1. The lowest BCUT2D eigenvalue weighted by Crippen LogP contribution is -2.53. The van der Waals surface area contributed by atoms with Gasteiger partial charge in [0, 0.05) is 12.1 Å². The second kappa shape index (κ2) is 12.1. The Morgan fingerprint density at radius 1 is 0.846 bits per heavy atom. The summed E-state index contributed by atoms with van der Waals surface area (Å²) in [4.78, 5) is 29.9. The quantitative estimate of drug-likeness (QED) is 0.319. The van der Waals surface area contributed by atoms with E-state index in [0.29, 0.717) is 24.9 Å². The molecule has 1 aliphatic heterocycles. The number of amides is 2. The molecule has 1 heterocycles. The molecule has 0 unspecified atom stereocenters. The number of fused-ring (bicyclic) bond motifs is 1. The van der Waals surface area contributed by atoms with Crippen molar-refractivity contribution in [1.82, 2.24) is 10.2 Å². The van der Waals surface area contributed by atoms with Crippen molar-refractivity contribution in [2.45, 2.75) is 37.8 Å². The Balaban J connectivity index is 1.55. The van der Waals surface area contributed by atoms with E-state index in [1.54, 1.807) is 11.0 Å². The monoisotopic (exact) mass is 518 g/mol. The van der Waals surface area contributed by atoms with E-state index >= 15 is 0 Å². The predicted molar refractivity (Wildman–Crippen MR) is 153 cm³/mol. The molecular formula is C34H34N2O3. The van der Waals surface area contributed by atoms with Crippen molar-refractivity contribution in [2.24, 2.45) is 0 Å². The summed E-state index contributed by atoms with van der Waals surface area (Å²) in [5, 5.41) is 13.8. The van der Waals surface area contributed by atoms with Crippen LogP contribution in [0.4, 0.5) is 0 Å². The lowest BCUT2D eigenvalue weighted by atomic mass is 9.78. The summed E-state index contributed by atoms with van der Waals surface area (Å²) in [5.74, 6) is -0.917. The Morgan fingerprint density at radius 2 is 1.46 bits per heavy atom. The Bertz CT molecular complexity index is 1400. The minimum Gasteiger partial charge on any atom is -0.394 e. The van der Waals surface area contributed by atoms with Gasteiger partial charge in [0.05, 0.1) is 24.6 Å². The Labute approximate surface area is 230 Å². The molecule has 0 saturated heterocycles. The fourth-order valence-electron chi connectivity index (χ4n) is 5.58. The van der Waals surface area contributed by atoms with Gasteiger partial charge in [0.1, 0.15) is 0 Å². The molecule has 0 spiro atoms. The van der Waals surface area contributed by atoms with E-state index < -0.39 is 18.0 Å². The van der Waals surface area contributed by atoms with E-state index in [4.69, 9.17) is 0 Å². The van der Waals surface area contributed by atoms with E-state index in [1.165, 1.54) is 0 Å². The molecule has 0 aromatic heterocycles. The van der Waals surface area contributed by atoms with E-state index in [2.05, 4.69) is 5.32 Å². The van der Waals surface area contributed by atoms with Gasteiger partial charge < -0.3 is 15.3 Å². The maximum atomic E-state index is 14.1. The first-order valence-corrected chi connectivity index (χ1v) is 13.5. The number of aliphatic hydroxyl groups is 1. The van der Waals surface area contributed by atoms with E-state index in [9.17, 15) is 14.7 Å². The number of hydrogen-bond donors (Lipinski definition) is 2. The van der Waals surface area contributed by atoms with Crippen molar-refractivity contribution in [3.05, 3.63) is 143 Å². The van der Waals surface area contributed by atoms with Crippen molar-refractivity contribution in [2.75, 3.05) is 13.2 Å². The van der Waals surface area contributed by atoms with Crippen LogP contribution in [0.2, 0.25) is 0 Å². The average Bonchev–Trinajstić information content (AvgIpc) is 2.97. The molecule has 5 rings (SSSR count). The number of nitrogens with one attached hydrogen (secondary N) is 1. The third kappa shape index (κ3) is 5.79. The lowest BCUT2D eigenvalue weighted by molar-refractivity contribution is -0.124. The van der Waals surface area contributed by atoms with Crippen LogP contribution in [0.1, 0.15) is 50.1 Å². The van der Waals surface area contributed by atoms with Gasteiger partial charge in [-0.05, 0) is 48.1 Å². The van der Waals surface area contributed by atoms with Gasteiger partial charge in [-0.3, -0.25) is 9.59 Å². The zero-order chi connectivity index (χ0) is 27.2. The van der Waals surface area contributed by atoms with Crippen LogP contribution in [0.3, 0.4) is 0 Å². The second-order valence-corrected chi connectivity index (χ2v) is 10.2. The van der Waals surface area contributed by atoms with Crippen LogP contribution in [-0.4, -0.2) is 41.0 Å². The molecule has 5 heteroatoms. The number of hydrogen-bond acceptors (Lipinski definition) is 3. The largest absolute Gasteiger partial charge is 0.394 e. The van der Waals surface area contributed by atoms with E-state index in [-0.39, 0.29) is 18.4 Å². The molecule has 0 saturated carbocycles. The SMILES string of the molecule is Cc1ccc([C@H]2[C@H](C(=O)NCCc3ccccc3)c3ccccc3C(=O)N2[C@H](CO)Cc2ccccc2)cc1. The molecule has 39 heavy (non-hydrogen) atoms. The van der Waals surface area contributed by atoms with Crippen LogP contribution in [0.15, 0.2) is 109 Å². The number of carbonyl (C=O) groups is 2. The van der Waals surface area contributed by atoms with E-state index in [0.717, 1.165) is 27.8 Å². The summed E-state index contributed by atoms with van der Waals surface area (Å²) in [7, 11) is 0. The number of carbonyl (C=O) groups excluding carboxylic acids is 2. The third-order valence-corrected chi connectivity index (χ3v) is 7.55. The zero-order valence-corrected chi connectivity index (χ0v) is 22.2. The van der Waals surface area contributed by atoms with E-state index in [1.807, 2.05) is 110 Å². The first-order chi connectivity index (χ1) is 19.1. The topological polar surface area (TPSA) is 69.6 Å². The number of benzene rings is 4. The summed E-state index contributed by atoms with van der Waals surface area (Å²) in [6.45, 7) is 2.29. The molecule has 0 fully saturated rings. The maximum Gasteiger partial charge on any atom is 0.255 e. The van der Waals surface area contributed by atoms with Crippen LogP contribution >= 0.6 is 0 Å². The van der Waals surface area contributed by atoms with Gasteiger partial charge in [-0.2, -0.15) is 0 Å². The highest BCUT2D eigenvalue weighted by atomic mass is 16.3. The van der Waals surface area contributed by atoms with Crippen LogP contribution in [-0.2, 0) is 17.6 Å². The number of rotatable bonds is 9. The molecule has 0 aliphatic carbocycles. The Hall–Kier alpha value is -4.22. The van der Waals surface area contributed by atoms with Crippen LogP contribution in [0.25, 0.3) is 0 Å². The summed E-state index contributed by atoms with van der Waals surface area (Å²) in [6.07, 6.45) is 1.20. The minimum absolute atomic E-state index is 0.127. The molecule has 2 N–H and O–H groups in total. The van der Waals surface area contributed by atoms with Gasteiger partial charge in [0.25, 0.3) is 5.91 Å². The van der Waals surface area contributed by atoms with Crippen molar-refractivity contribution in [1.29, 1.82) is 0 Å². The van der Waals surface area contributed by atoms with Gasteiger partial charge >= 0.3 is 0 Å². The highest BCUT2D eigenvalue weighted by molar-refractivity contribution is 6.01. The first-order valence-electron chi connectivity index (χ1n) is 13.5. The van der Waals surface area contributed by atoms with Gasteiger partial charge in [0.15, 0.2) is 0 Å². The molecule has 2 amide bonds. The molecule has 5 nitrogen and oxygen atoms in total. The highest BCUT2D eigenvalue weighted by Crippen LogP contribution is 2.44. The highest BCUT2D eigenvalue weighted by Gasteiger charge is 2.46. The standard InChI is InChI=1S/C34H34N2O3/c1-24-16-18-27(19-17-24)32-31(33(38)35-21-20-25-10-4-2-5-11-25)29-14-8-9-15-30(29)34(39)36(32)28(23-37)22-26-12-6-3-7-13-26/h2-19,28,31-32,37H,20-23H2,1H3,(H,35,38)/t28-,31+,32-/m0/s1. The minimum atomic E-state index is -0.623. The normalized spacial score (nSPS) is 17.4. The summed E-state index contributed by atoms with van der Waals surface area (Å²) in [5.41, 5.74) is 5.37. The predicted octanol–water partition coefficient (Wildman–Crippen LogP) is 5.24. The summed E-state index contributed by atoms with van der Waals surface area (Å²) >= 11 is 0. The van der Waals surface area contributed by atoms with Crippen LogP contribution in [0, 0.1) is 6.92 Å². The summed E-state index contributed by atoms with van der Waals surface area (Å²) < 4.78 is 0. The fraction of sp³-hybridized carbons (Fsp3) is 0.235. The average molecular weight is 519 g/mol. The van der Waals surface area contributed by atoms with Crippen molar-refractivity contribution < 1.29 is 14.7 Å². The lowest BCUT2D eigenvalue weighted by Gasteiger charge is -2.45. The Morgan fingerprint density at radius 3 is 2.13 bits per heavy atom. The second-order valence-electron chi connectivity index (χ2n) is 10.2. The molecule has 0 bridgehead atoms. The fourth-order valence-corrected chi connectivity index (χ4v) is 5.58. The van der Waals surface area contributed by atoms with Gasteiger partial charge in [0.2, 0.25) is 5.91 Å². The molecule has 4 aromatic carbocycles. The zero-order valence-electron chi connectivity index (χ0n) is 22.2. The molecule has 3 atom stereocenters. The van der Waals surface area contributed by atoms with Crippen LogP contribution in [0.5, 0.6) is 0 Å². The Kier molecular flexibility index (Phi) is 8.18. The summed E-state index contributed by atoms with van der Waals surface area (Å²) in [6, 6.07) is 34.3. The van der Waals surface area contributed by atoms with Gasteiger partial charge in [-0.25, -0.2) is 0 Å². The van der Waals surface area contributed by atoms with Crippen molar-refractivity contribution in [3.8, 4) is 0 Å². The van der Waals surface area contributed by atoms with Crippen molar-refractivity contribution >= 4 is 11.8 Å². The third-order valence-electron chi connectivity index (χ3n) is 7.55. The molecule has 198 valence electrons. The molecule has 0 radical (unpaired) electrons.